The second-order valence-corrected chi connectivity index (χ2v) is 11.0. The van der Waals surface area contributed by atoms with Gasteiger partial charge in [-0.15, -0.1) is 10.2 Å². The van der Waals surface area contributed by atoms with Gasteiger partial charge in [-0.1, -0.05) is 68.4 Å². The molecular formula is C28H26ClF3N4O2S. The molecule has 0 spiro atoms. The molecular weight excluding hydrogens is 549 g/mol. The smallest absolute Gasteiger partial charge is 0.416 e. The van der Waals surface area contributed by atoms with Crippen LogP contribution in [0.25, 0.3) is 17.1 Å². The van der Waals surface area contributed by atoms with Crippen molar-refractivity contribution in [3.05, 3.63) is 82.9 Å². The fraction of sp³-hybridized carbons (Fsp3) is 0.250. The number of thioether (sulfide) groups is 1. The summed E-state index contributed by atoms with van der Waals surface area (Å²) in [5.74, 6) is 0.574. The average molecular weight is 575 g/mol. The summed E-state index contributed by atoms with van der Waals surface area (Å²) in [5, 5.41) is 11.6. The number of alkyl halides is 3. The predicted molar refractivity (Wildman–Crippen MR) is 148 cm³/mol. The zero-order valence-corrected chi connectivity index (χ0v) is 23.2. The van der Waals surface area contributed by atoms with Crippen molar-refractivity contribution in [1.29, 1.82) is 0 Å². The van der Waals surface area contributed by atoms with Gasteiger partial charge in [0.1, 0.15) is 5.75 Å². The summed E-state index contributed by atoms with van der Waals surface area (Å²) in [5.41, 5.74) is 1.71. The van der Waals surface area contributed by atoms with Crippen LogP contribution in [0, 0.1) is 0 Å². The van der Waals surface area contributed by atoms with Crippen LogP contribution in [0.15, 0.2) is 71.9 Å². The Morgan fingerprint density at radius 3 is 2.21 bits per heavy atom. The molecule has 1 N–H and O–H groups in total. The largest absolute Gasteiger partial charge is 0.497 e. The molecule has 3 aromatic carbocycles. The predicted octanol–water partition coefficient (Wildman–Crippen LogP) is 7.64. The van der Waals surface area contributed by atoms with Crippen molar-refractivity contribution in [2.45, 2.75) is 37.5 Å². The van der Waals surface area contributed by atoms with Crippen molar-refractivity contribution >= 4 is 35.0 Å². The number of amides is 1. The fourth-order valence-electron chi connectivity index (χ4n) is 3.75. The fourth-order valence-corrected chi connectivity index (χ4v) is 4.66. The van der Waals surface area contributed by atoms with E-state index in [0.717, 1.165) is 41.2 Å². The summed E-state index contributed by atoms with van der Waals surface area (Å²) in [4.78, 5) is 12.7. The van der Waals surface area contributed by atoms with Gasteiger partial charge in [0.15, 0.2) is 11.0 Å². The first-order valence-electron chi connectivity index (χ1n) is 11.9. The first kappa shape index (κ1) is 28.5. The van der Waals surface area contributed by atoms with Gasteiger partial charge in [0.05, 0.1) is 29.1 Å². The van der Waals surface area contributed by atoms with Gasteiger partial charge in [-0.05, 0) is 53.4 Å². The number of benzene rings is 3. The van der Waals surface area contributed by atoms with Crippen LogP contribution in [0.4, 0.5) is 18.9 Å². The third kappa shape index (κ3) is 6.75. The van der Waals surface area contributed by atoms with Gasteiger partial charge >= 0.3 is 6.18 Å². The monoisotopic (exact) mass is 574 g/mol. The SMILES string of the molecule is COc1ccc(-n2c(SCC(=O)Nc3cc(C(F)(F)F)ccc3Cl)nnc2-c2ccc(C(C)(C)C)cc2)cc1. The minimum absolute atomic E-state index is 0.00346. The van der Waals surface area contributed by atoms with Crippen LogP contribution < -0.4 is 10.1 Å². The van der Waals surface area contributed by atoms with Gasteiger partial charge in [-0.3, -0.25) is 9.36 Å². The Balaban J connectivity index is 1.61. The maximum atomic E-state index is 13.1. The van der Waals surface area contributed by atoms with E-state index in [2.05, 4.69) is 36.3 Å². The van der Waals surface area contributed by atoms with E-state index in [1.807, 2.05) is 41.0 Å². The maximum Gasteiger partial charge on any atom is 0.416 e. The number of methoxy groups -OCH3 is 1. The molecule has 1 heterocycles. The number of aromatic nitrogens is 3. The van der Waals surface area contributed by atoms with Crippen molar-refractivity contribution < 1.29 is 22.7 Å². The molecule has 1 aromatic heterocycles. The first-order chi connectivity index (χ1) is 18.4. The molecule has 204 valence electrons. The summed E-state index contributed by atoms with van der Waals surface area (Å²) in [6, 6.07) is 18.1. The summed E-state index contributed by atoms with van der Waals surface area (Å²) < 4.78 is 46.4. The number of carbonyl (C=O) groups is 1. The summed E-state index contributed by atoms with van der Waals surface area (Å²) in [6.07, 6.45) is -4.56. The Morgan fingerprint density at radius 1 is 0.974 bits per heavy atom. The Morgan fingerprint density at radius 2 is 1.62 bits per heavy atom. The van der Waals surface area contributed by atoms with E-state index in [-0.39, 0.29) is 21.9 Å². The van der Waals surface area contributed by atoms with Crippen LogP contribution in [-0.4, -0.2) is 33.5 Å². The zero-order valence-electron chi connectivity index (χ0n) is 21.6. The van der Waals surface area contributed by atoms with E-state index in [0.29, 0.717) is 16.7 Å². The van der Waals surface area contributed by atoms with Crippen LogP contribution in [-0.2, 0) is 16.4 Å². The van der Waals surface area contributed by atoms with Gasteiger partial charge in [0, 0.05) is 11.3 Å². The Hall–Kier alpha value is -3.50. The highest BCUT2D eigenvalue weighted by molar-refractivity contribution is 7.99. The van der Waals surface area contributed by atoms with Crippen LogP contribution >= 0.6 is 23.4 Å². The first-order valence-corrected chi connectivity index (χ1v) is 13.2. The molecule has 6 nitrogen and oxygen atoms in total. The lowest BCUT2D eigenvalue weighted by molar-refractivity contribution is -0.137. The Kier molecular flexibility index (Phi) is 8.27. The number of ether oxygens (including phenoxy) is 1. The van der Waals surface area contributed by atoms with Crippen molar-refractivity contribution in [2.75, 3.05) is 18.2 Å². The molecule has 0 aliphatic heterocycles. The molecule has 0 atom stereocenters. The number of hydrogen-bond acceptors (Lipinski definition) is 5. The second-order valence-electron chi connectivity index (χ2n) is 9.70. The Labute approximate surface area is 233 Å². The number of nitrogens with one attached hydrogen (secondary N) is 1. The molecule has 1 amide bonds. The van der Waals surface area contributed by atoms with Gasteiger partial charge < -0.3 is 10.1 Å². The van der Waals surface area contributed by atoms with Crippen LogP contribution in [0.5, 0.6) is 5.75 Å². The molecule has 0 unspecified atom stereocenters. The molecule has 11 heteroatoms. The Bertz CT molecular complexity index is 1460. The summed E-state index contributed by atoms with van der Waals surface area (Å²) in [7, 11) is 1.58. The lowest BCUT2D eigenvalue weighted by Crippen LogP contribution is -2.16. The van der Waals surface area contributed by atoms with Crippen molar-refractivity contribution in [2.24, 2.45) is 0 Å². The highest BCUT2D eigenvalue weighted by atomic mass is 35.5. The summed E-state index contributed by atoms with van der Waals surface area (Å²) in [6.45, 7) is 6.40. The second kappa shape index (κ2) is 11.3. The normalized spacial score (nSPS) is 11.9. The van der Waals surface area contributed by atoms with E-state index in [4.69, 9.17) is 16.3 Å². The van der Waals surface area contributed by atoms with Gasteiger partial charge in [-0.25, -0.2) is 0 Å². The molecule has 0 fully saturated rings. The molecule has 0 aliphatic carbocycles. The molecule has 0 saturated carbocycles. The minimum atomic E-state index is -4.56. The highest BCUT2D eigenvalue weighted by Gasteiger charge is 2.31. The molecule has 0 saturated heterocycles. The van der Waals surface area contributed by atoms with E-state index in [9.17, 15) is 18.0 Å². The van der Waals surface area contributed by atoms with Crippen LogP contribution in [0.1, 0.15) is 31.9 Å². The summed E-state index contributed by atoms with van der Waals surface area (Å²) >= 11 is 7.12. The van der Waals surface area contributed by atoms with Gasteiger partial charge in [0.2, 0.25) is 5.91 Å². The number of rotatable bonds is 7. The third-order valence-corrected chi connectivity index (χ3v) is 7.13. The minimum Gasteiger partial charge on any atom is -0.497 e. The van der Waals surface area contributed by atoms with E-state index in [1.165, 1.54) is 5.56 Å². The highest BCUT2D eigenvalue weighted by Crippen LogP contribution is 2.34. The maximum absolute atomic E-state index is 13.1. The van der Waals surface area contributed by atoms with Crippen molar-refractivity contribution in [3.8, 4) is 22.8 Å². The van der Waals surface area contributed by atoms with E-state index in [1.54, 1.807) is 19.2 Å². The quantitative estimate of drug-likeness (QED) is 0.230. The third-order valence-electron chi connectivity index (χ3n) is 5.87. The number of anilines is 1. The van der Waals surface area contributed by atoms with E-state index >= 15 is 0 Å². The average Bonchev–Trinajstić information content (AvgIpc) is 3.31. The number of carbonyl (C=O) groups excluding carboxylic acids is 1. The number of halogens is 4. The van der Waals surface area contributed by atoms with Crippen molar-refractivity contribution in [3.63, 3.8) is 0 Å². The van der Waals surface area contributed by atoms with Crippen LogP contribution in [0.2, 0.25) is 5.02 Å². The molecule has 39 heavy (non-hydrogen) atoms. The topological polar surface area (TPSA) is 69.0 Å². The number of hydrogen-bond donors (Lipinski definition) is 1. The lowest BCUT2D eigenvalue weighted by Gasteiger charge is -2.19. The van der Waals surface area contributed by atoms with Gasteiger partial charge in [0.25, 0.3) is 0 Å². The molecule has 0 radical (unpaired) electrons. The number of nitrogens with zero attached hydrogens (tertiary/aromatic N) is 3. The van der Waals surface area contributed by atoms with Crippen LogP contribution in [0.3, 0.4) is 0 Å². The zero-order chi connectivity index (χ0) is 28.4. The van der Waals surface area contributed by atoms with Gasteiger partial charge in [-0.2, -0.15) is 13.2 Å². The molecule has 4 aromatic rings. The van der Waals surface area contributed by atoms with Crippen molar-refractivity contribution in [1.82, 2.24) is 14.8 Å². The molecule has 0 aliphatic rings. The standard InChI is InChI=1S/C28H26ClF3N4O2S/c1-27(2,3)18-7-5-17(6-8-18)25-34-35-26(36(25)20-10-12-21(38-4)13-11-20)39-16-24(37)33-23-15-19(28(30,31)32)9-14-22(23)29/h5-15H,16H2,1-4H3,(H,33,37). The molecule has 4 rings (SSSR count). The van der Waals surface area contributed by atoms with E-state index < -0.39 is 17.6 Å². The molecule has 0 bridgehead atoms. The lowest BCUT2D eigenvalue weighted by atomic mass is 9.87.